The topological polar surface area (TPSA) is 76.2 Å². The zero-order chi connectivity index (χ0) is 16.7. The van der Waals surface area contributed by atoms with Gasteiger partial charge in [0.2, 0.25) is 10.0 Å². The van der Waals surface area contributed by atoms with Crippen molar-refractivity contribution in [2.24, 2.45) is 0 Å². The highest BCUT2D eigenvalue weighted by molar-refractivity contribution is 7.89. The van der Waals surface area contributed by atoms with Gasteiger partial charge in [-0.2, -0.15) is 4.31 Å². The highest BCUT2D eigenvalue weighted by atomic mass is 32.2. The summed E-state index contributed by atoms with van der Waals surface area (Å²) in [5.74, 6) is -0.577. The Balaban J connectivity index is 2.11. The van der Waals surface area contributed by atoms with E-state index >= 15 is 0 Å². The Hall–Kier alpha value is -1.48. The van der Waals surface area contributed by atoms with Crippen LogP contribution in [0.4, 0.5) is 0 Å². The van der Waals surface area contributed by atoms with Crippen molar-refractivity contribution >= 4 is 16.0 Å². The maximum absolute atomic E-state index is 12.7. The lowest BCUT2D eigenvalue weighted by molar-refractivity contribution is -0.140. The standard InChI is InChI=1S/C15H22N2O5S/c1-21-15(18)13-17(8-7-16-9-11-22-12-10-16)23(19,20)14-5-3-2-4-6-14/h2-6H,7-13H2,1H3. The van der Waals surface area contributed by atoms with Crippen molar-refractivity contribution < 1.29 is 22.7 Å². The molecule has 1 saturated heterocycles. The first-order valence-electron chi connectivity index (χ1n) is 7.46. The smallest absolute Gasteiger partial charge is 0.321 e. The predicted octanol–water partition coefficient (Wildman–Crippen LogP) is 0.183. The summed E-state index contributed by atoms with van der Waals surface area (Å²) in [5.41, 5.74) is 0. The fourth-order valence-corrected chi connectivity index (χ4v) is 3.71. The number of carbonyl (C=O) groups is 1. The highest BCUT2D eigenvalue weighted by Crippen LogP contribution is 2.15. The van der Waals surface area contributed by atoms with Crippen LogP contribution in [-0.4, -0.2) is 76.6 Å². The van der Waals surface area contributed by atoms with Gasteiger partial charge in [-0.1, -0.05) is 18.2 Å². The molecule has 0 radical (unpaired) electrons. The molecule has 2 rings (SSSR count). The van der Waals surface area contributed by atoms with E-state index in [-0.39, 0.29) is 18.0 Å². The SMILES string of the molecule is COC(=O)CN(CCN1CCOCC1)S(=O)(=O)c1ccccc1. The van der Waals surface area contributed by atoms with Gasteiger partial charge in [-0.15, -0.1) is 0 Å². The van der Waals surface area contributed by atoms with Gasteiger partial charge in [0.05, 0.1) is 25.2 Å². The summed E-state index contributed by atoms with van der Waals surface area (Å²) in [6.07, 6.45) is 0. The van der Waals surface area contributed by atoms with E-state index in [9.17, 15) is 13.2 Å². The van der Waals surface area contributed by atoms with Crippen LogP contribution in [0.15, 0.2) is 35.2 Å². The van der Waals surface area contributed by atoms with Crippen LogP contribution < -0.4 is 0 Å². The minimum Gasteiger partial charge on any atom is -0.468 e. The van der Waals surface area contributed by atoms with Crippen molar-refractivity contribution in [3.05, 3.63) is 30.3 Å². The third-order valence-corrected chi connectivity index (χ3v) is 5.54. The van der Waals surface area contributed by atoms with Crippen LogP contribution in [0.2, 0.25) is 0 Å². The number of morpholine rings is 1. The van der Waals surface area contributed by atoms with Gasteiger partial charge in [0, 0.05) is 26.2 Å². The van der Waals surface area contributed by atoms with E-state index in [0.29, 0.717) is 19.8 Å². The lowest BCUT2D eigenvalue weighted by atomic mass is 10.4. The van der Waals surface area contributed by atoms with Crippen LogP contribution in [0.25, 0.3) is 0 Å². The average molecular weight is 342 g/mol. The summed E-state index contributed by atoms with van der Waals surface area (Å²) in [5, 5.41) is 0. The summed E-state index contributed by atoms with van der Waals surface area (Å²) >= 11 is 0. The molecule has 1 aromatic carbocycles. The van der Waals surface area contributed by atoms with Crippen LogP contribution in [0.3, 0.4) is 0 Å². The van der Waals surface area contributed by atoms with Crippen molar-refractivity contribution in [2.45, 2.75) is 4.90 Å². The van der Waals surface area contributed by atoms with Crippen molar-refractivity contribution in [3.8, 4) is 0 Å². The van der Waals surface area contributed by atoms with Crippen molar-refractivity contribution in [1.82, 2.24) is 9.21 Å². The first kappa shape index (κ1) is 17.9. The van der Waals surface area contributed by atoms with Crippen LogP contribution >= 0.6 is 0 Å². The molecule has 1 aliphatic rings. The highest BCUT2D eigenvalue weighted by Gasteiger charge is 2.27. The van der Waals surface area contributed by atoms with Gasteiger partial charge >= 0.3 is 5.97 Å². The summed E-state index contributed by atoms with van der Waals surface area (Å²) in [6, 6.07) is 8.11. The molecule has 1 heterocycles. The quantitative estimate of drug-likeness (QED) is 0.658. The van der Waals surface area contributed by atoms with E-state index in [0.717, 1.165) is 13.1 Å². The molecule has 0 aromatic heterocycles. The number of esters is 1. The molecule has 128 valence electrons. The molecule has 0 N–H and O–H groups in total. The molecule has 0 amide bonds. The number of carbonyl (C=O) groups excluding carboxylic acids is 1. The van der Waals surface area contributed by atoms with E-state index < -0.39 is 16.0 Å². The van der Waals surface area contributed by atoms with Crippen LogP contribution in [0.5, 0.6) is 0 Å². The van der Waals surface area contributed by atoms with Gasteiger partial charge < -0.3 is 9.47 Å². The Kier molecular flexibility index (Phi) is 6.52. The van der Waals surface area contributed by atoms with E-state index in [4.69, 9.17) is 4.74 Å². The Bertz CT molecular complexity index is 600. The molecule has 0 bridgehead atoms. The van der Waals surface area contributed by atoms with E-state index in [1.54, 1.807) is 18.2 Å². The van der Waals surface area contributed by atoms with Crippen molar-refractivity contribution in [1.29, 1.82) is 0 Å². The summed E-state index contributed by atoms with van der Waals surface area (Å²) in [6.45, 7) is 3.29. The Labute approximate surface area is 136 Å². The van der Waals surface area contributed by atoms with Crippen molar-refractivity contribution in [2.75, 3.05) is 53.0 Å². The number of nitrogens with zero attached hydrogens (tertiary/aromatic N) is 2. The monoisotopic (exact) mass is 342 g/mol. The van der Waals surface area contributed by atoms with Crippen LogP contribution in [-0.2, 0) is 24.3 Å². The summed E-state index contributed by atoms with van der Waals surface area (Å²) in [4.78, 5) is 13.9. The molecule has 0 saturated carbocycles. The third kappa shape index (κ3) is 5.00. The van der Waals surface area contributed by atoms with E-state index in [2.05, 4.69) is 9.64 Å². The molecule has 7 nitrogen and oxygen atoms in total. The number of benzene rings is 1. The molecule has 8 heteroatoms. The number of rotatable bonds is 7. The maximum Gasteiger partial charge on any atom is 0.321 e. The molecule has 1 aliphatic heterocycles. The molecule has 0 spiro atoms. The number of methoxy groups -OCH3 is 1. The van der Waals surface area contributed by atoms with Gasteiger partial charge in [0.1, 0.15) is 6.54 Å². The first-order chi connectivity index (χ1) is 11.0. The van der Waals surface area contributed by atoms with E-state index in [1.807, 2.05) is 0 Å². The van der Waals surface area contributed by atoms with Crippen molar-refractivity contribution in [3.63, 3.8) is 0 Å². The fraction of sp³-hybridized carbons (Fsp3) is 0.533. The zero-order valence-corrected chi connectivity index (χ0v) is 14.0. The number of ether oxygens (including phenoxy) is 2. The number of hydrogen-bond donors (Lipinski definition) is 0. The molecule has 0 unspecified atom stereocenters. The largest absolute Gasteiger partial charge is 0.468 e. The van der Waals surface area contributed by atoms with Gasteiger partial charge in [-0.3, -0.25) is 9.69 Å². The third-order valence-electron chi connectivity index (χ3n) is 3.68. The molecule has 1 fully saturated rings. The van der Waals surface area contributed by atoms with Gasteiger partial charge in [0.15, 0.2) is 0 Å². The zero-order valence-electron chi connectivity index (χ0n) is 13.2. The molecule has 0 atom stereocenters. The lowest BCUT2D eigenvalue weighted by Gasteiger charge is -2.29. The summed E-state index contributed by atoms with van der Waals surface area (Å²) in [7, 11) is -2.48. The molecular weight excluding hydrogens is 320 g/mol. The Morgan fingerprint density at radius 3 is 2.52 bits per heavy atom. The molecule has 23 heavy (non-hydrogen) atoms. The van der Waals surface area contributed by atoms with Crippen LogP contribution in [0, 0.1) is 0 Å². The van der Waals surface area contributed by atoms with Gasteiger partial charge in [0.25, 0.3) is 0 Å². The minimum atomic E-state index is -3.73. The summed E-state index contributed by atoms with van der Waals surface area (Å²) < 4.78 is 36.5. The fourth-order valence-electron chi connectivity index (χ4n) is 2.31. The van der Waals surface area contributed by atoms with Crippen LogP contribution in [0.1, 0.15) is 0 Å². The van der Waals surface area contributed by atoms with Gasteiger partial charge in [-0.05, 0) is 12.1 Å². The Morgan fingerprint density at radius 1 is 1.26 bits per heavy atom. The molecule has 0 aliphatic carbocycles. The maximum atomic E-state index is 12.7. The van der Waals surface area contributed by atoms with E-state index in [1.165, 1.54) is 23.5 Å². The first-order valence-corrected chi connectivity index (χ1v) is 8.90. The number of sulfonamides is 1. The number of hydrogen-bond acceptors (Lipinski definition) is 6. The lowest BCUT2D eigenvalue weighted by Crippen LogP contribution is -2.44. The molecule has 1 aromatic rings. The minimum absolute atomic E-state index is 0.172. The Morgan fingerprint density at radius 2 is 1.91 bits per heavy atom. The molecular formula is C15H22N2O5S. The predicted molar refractivity (Wildman–Crippen MR) is 84.5 cm³/mol. The average Bonchev–Trinajstić information content (AvgIpc) is 2.59. The second kappa shape index (κ2) is 8.39. The van der Waals surface area contributed by atoms with Gasteiger partial charge in [-0.25, -0.2) is 8.42 Å². The second-order valence-corrected chi connectivity index (χ2v) is 7.12. The normalized spacial score (nSPS) is 16.4. The second-order valence-electron chi connectivity index (χ2n) is 5.18.